The van der Waals surface area contributed by atoms with Crippen LogP contribution in [-0.4, -0.2) is 39.0 Å². The fraction of sp³-hybridized carbons (Fsp3) is 0.219. The van der Waals surface area contributed by atoms with Crippen LogP contribution in [0.1, 0.15) is 47.8 Å². The molecular weight excluding hydrogens is 536 g/mol. The highest BCUT2D eigenvalue weighted by Gasteiger charge is 2.31. The van der Waals surface area contributed by atoms with E-state index in [1.807, 2.05) is 36.4 Å². The number of carbonyl (C=O) groups is 3. The first-order chi connectivity index (χ1) is 20.1. The average molecular weight is 571 g/mol. The first-order valence-electron chi connectivity index (χ1n) is 13.5. The quantitative estimate of drug-likeness (QED) is 0.125. The number of ether oxygens (including phenoxy) is 1. The Morgan fingerprint density at radius 3 is 1.98 bits per heavy atom. The lowest BCUT2D eigenvalue weighted by Crippen LogP contribution is -2.46. The summed E-state index contributed by atoms with van der Waals surface area (Å²) in [6.07, 6.45) is -0.152. The van der Waals surface area contributed by atoms with Gasteiger partial charge in [-0.15, -0.1) is 0 Å². The zero-order valence-corrected chi connectivity index (χ0v) is 23.5. The maximum absolute atomic E-state index is 13.2. The summed E-state index contributed by atoms with van der Waals surface area (Å²) in [5.74, 6) is -0.810. The minimum Gasteiger partial charge on any atom is -0.494 e. The molecule has 0 saturated heterocycles. The number of benzene rings is 3. The Morgan fingerprint density at radius 2 is 1.40 bits per heavy atom. The van der Waals surface area contributed by atoms with E-state index in [-0.39, 0.29) is 29.3 Å². The Kier molecular flexibility index (Phi) is 9.49. The normalized spacial score (nSPS) is 12.3. The van der Waals surface area contributed by atoms with Crippen molar-refractivity contribution in [3.63, 3.8) is 0 Å². The number of para-hydroxylation sites is 1. The van der Waals surface area contributed by atoms with Gasteiger partial charge in [-0.1, -0.05) is 62.4 Å². The standard InChI is InChI=1S/C32H34N4O6/c1-19(2)28(29(38)27-20(3)30(39)36-31(27)40)35-26(37)18-25(21-10-6-4-7-11-21)34-32(41)33-22-14-16-24(17-15-22)42-23-12-8-5-9-13-23/h4-17,19,25,28,36,39-40H,18H2,1-3H3,(H,35,37)(H2,33,34,41)/t25?,28-/m0/s1. The number of rotatable bonds is 11. The predicted molar refractivity (Wildman–Crippen MR) is 159 cm³/mol. The summed E-state index contributed by atoms with van der Waals surface area (Å²) >= 11 is 0. The number of nitrogens with one attached hydrogen (secondary N) is 4. The lowest BCUT2D eigenvalue weighted by Gasteiger charge is -2.24. The second kappa shape index (κ2) is 13.4. The second-order valence-electron chi connectivity index (χ2n) is 10.2. The lowest BCUT2D eigenvalue weighted by molar-refractivity contribution is -0.122. The van der Waals surface area contributed by atoms with Crippen molar-refractivity contribution in [1.82, 2.24) is 15.6 Å². The van der Waals surface area contributed by atoms with Gasteiger partial charge in [0.05, 0.1) is 24.1 Å². The largest absolute Gasteiger partial charge is 0.494 e. The van der Waals surface area contributed by atoms with Gasteiger partial charge in [0.15, 0.2) is 11.7 Å². The van der Waals surface area contributed by atoms with Crippen LogP contribution in [0.15, 0.2) is 84.9 Å². The van der Waals surface area contributed by atoms with Gasteiger partial charge in [-0.2, -0.15) is 0 Å². The van der Waals surface area contributed by atoms with E-state index in [4.69, 9.17) is 4.74 Å². The van der Waals surface area contributed by atoms with Crippen molar-refractivity contribution in [3.05, 3.63) is 102 Å². The molecule has 0 spiro atoms. The molecule has 10 heteroatoms. The van der Waals surface area contributed by atoms with E-state index in [1.54, 1.807) is 62.4 Å². The molecule has 1 aromatic heterocycles. The van der Waals surface area contributed by atoms with Crippen LogP contribution in [0.3, 0.4) is 0 Å². The second-order valence-corrected chi connectivity index (χ2v) is 10.2. The highest BCUT2D eigenvalue weighted by Crippen LogP contribution is 2.30. The van der Waals surface area contributed by atoms with Gasteiger partial charge >= 0.3 is 6.03 Å². The third kappa shape index (κ3) is 7.48. The van der Waals surface area contributed by atoms with Crippen LogP contribution in [0.4, 0.5) is 10.5 Å². The molecule has 0 fully saturated rings. The molecule has 0 aliphatic heterocycles. The maximum Gasteiger partial charge on any atom is 0.319 e. The molecule has 2 atom stereocenters. The fourth-order valence-corrected chi connectivity index (χ4v) is 4.47. The van der Waals surface area contributed by atoms with Crippen molar-refractivity contribution in [2.24, 2.45) is 5.92 Å². The van der Waals surface area contributed by atoms with Crippen molar-refractivity contribution in [2.45, 2.75) is 39.3 Å². The van der Waals surface area contributed by atoms with Crippen molar-refractivity contribution in [3.8, 4) is 23.3 Å². The van der Waals surface area contributed by atoms with E-state index in [1.165, 1.54) is 6.92 Å². The number of ketones is 1. The molecule has 0 radical (unpaired) electrons. The van der Waals surface area contributed by atoms with Gasteiger partial charge in [0, 0.05) is 11.3 Å². The number of Topliss-reactive ketones (excluding diaryl/α,β-unsaturated/α-hetero) is 1. The molecule has 0 aliphatic carbocycles. The molecule has 218 valence electrons. The van der Waals surface area contributed by atoms with E-state index in [0.29, 0.717) is 22.7 Å². The monoisotopic (exact) mass is 570 g/mol. The topological polar surface area (TPSA) is 153 Å². The number of anilines is 1. The molecule has 6 N–H and O–H groups in total. The molecule has 1 heterocycles. The van der Waals surface area contributed by atoms with Crippen LogP contribution < -0.4 is 20.7 Å². The molecular formula is C32H34N4O6. The van der Waals surface area contributed by atoms with E-state index >= 15 is 0 Å². The minimum absolute atomic E-state index is 0.0798. The molecule has 4 aromatic rings. The van der Waals surface area contributed by atoms with Crippen LogP contribution in [0.25, 0.3) is 0 Å². The van der Waals surface area contributed by atoms with Gasteiger partial charge in [-0.3, -0.25) is 14.6 Å². The molecule has 0 aliphatic rings. The van der Waals surface area contributed by atoms with Crippen LogP contribution >= 0.6 is 0 Å². The smallest absolute Gasteiger partial charge is 0.319 e. The predicted octanol–water partition coefficient (Wildman–Crippen LogP) is 5.80. The van der Waals surface area contributed by atoms with Gasteiger partial charge < -0.3 is 30.9 Å². The van der Waals surface area contributed by atoms with E-state index < -0.39 is 35.7 Å². The van der Waals surface area contributed by atoms with Gasteiger partial charge in [-0.05, 0) is 54.8 Å². The number of H-pyrrole nitrogens is 1. The SMILES string of the molecule is Cc1c(O)[nH]c(O)c1C(=O)[C@@H](NC(=O)CC(NC(=O)Nc1ccc(Oc2ccccc2)cc1)c1ccccc1)C(C)C. The molecule has 10 nitrogen and oxygen atoms in total. The van der Waals surface area contributed by atoms with E-state index in [0.717, 1.165) is 0 Å². The number of aromatic hydroxyl groups is 2. The number of hydrogen-bond acceptors (Lipinski definition) is 6. The number of carbonyl (C=O) groups excluding carboxylic acids is 3. The van der Waals surface area contributed by atoms with Gasteiger partial charge in [-0.25, -0.2) is 4.79 Å². The van der Waals surface area contributed by atoms with Crippen molar-refractivity contribution in [1.29, 1.82) is 0 Å². The van der Waals surface area contributed by atoms with Crippen molar-refractivity contribution in [2.75, 3.05) is 5.32 Å². The molecule has 0 saturated carbocycles. The summed E-state index contributed by atoms with van der Waals surface area (Å²) in [6, 6.07) is 23.0. The molecule has 3 aromatic carbocycles. The first kappa shape index (κ1) is 29.7. The Balaban J connectivity index is 1.43. The lowest BCUT2D eigenvalue weighted by atomic mass is 9.93. The number of urea groups is 1. The summed E-state index contributed by atoms with van der Waals surface area (Å²) in [7, 11) is 0. The van der Waals surface area contributed by atoms with E-state index in [9.17, 15) is 24.6 Å². The summed E-state index contributed by atoms with van der Waals surface area (Å²) < 4.78 is 5.79. The third-order valence-electron chi connectivity index (χ3n) is 6.70. The summed E-state index contributed by atoms with van der Waals surface area (Å²) in [5, 5.41) is 28.4. The Hall–Kier alpha value is -5.25. The van der Waals surface area contributed by atoms with Crippen molar-refractivity contribution < 1.29 is 29.3 Å². The van der Waals surface area contributed by atoms with Crippen LogP contribution in [0.2, 0.25) is 0 Å². The first-order valence-corrected chi connectivity index (χ1v) is 13.5. The number of aromatic nitrogens is 1. The summed E-state index contributed by atoms with van der Waals surface area (Å²) in [6.45, 7) is 5.02. The summed E-state index contributed by atoms with van der Waals surface area (Å²) in [4.78, 5) is 41.7. The number of aromatic amines is 1. The van der Waals surface area contributed by atoms with Crippen LogP contribution in [0.5, 0.6) is 23.3 Å². The molecule has 42 heavy (non-hydrogen) atoms. The maximum atomic E-state index is 13.2. The summed E-state index contributed by atoms with van der Waals surface area (Å²) in [5.41, 5.74) is 1.34. The Bertz CT molecular complexity index is 1520. The molecule has 0 bridgehead atoms. The van der Waals surface area contributed by atoms with Crippen molar-refractivity contribution >= 4 is 23.4 Å². The van der Waals surface area contributed by atoms with Gasteiger partial charge in [0.1, 0.15) is 11.5 Å². The van der Waals surface area contributed by atoms with Crippen LogP contribution in [-0.2, 0) is 4.79 Å². The average Bonchev–Trinajstić information content (AvgIpc) is 3.23. The zero-order valence-electron chi connectivity index (χ0n) is 23.5. The Labute approximate surface area is 243 Å². The van der Waals surface area contributed by atoms with E-state index in [2.05, 4.69) is 20.9 Å². The fourth-order valence-electron chi connectivity index (χ4n) is 4.47. The number of amides is 3. The molecule has 1 unspecified atom stereocenters. The minimum atomic E-state index is -0.973. The van der Waals surface area contributed by atoms with Gasteiger partial charge in [0.25, 0.3) is 0 Å². The zero-order chi connectivity index (χ0) is 30.2. The highest BCUT2D eigenvalue weighted by molar-refractivity contribution is 6.05. The number of hydrogen-bond donors (Lipinski definition) is 6. The molecule has 4 rings (SSSR count). The molecule has 3 amide bonds. The van der Waals surface area contributed by atoms with Crippen LogP contribution in [0, 0.1) is 12.8 Å². The Morgan fingerprint density at radius 1 is 0.810 bits per heavy atom. The van der Waals surface area contributed by atoms with Gasteiger partial charge in [0.2, 0.25) is 11.8 Å². The highest BCUT2D eigenvalue weighted by atomic mass is 16.5. The third-order valence-corrected chi connectivity index (χ3v) is 6.70.